The average molecular weight is 389 g/mol. The van der Waals surface area contributed by atoms with Crippen molar-refractivity contribution in [3.63, 3.8) is 0 Å². The lowest BCUT2D eigenvalue weighted by Crippen LogP contribution is -2.00. The van der Waals surface area contributed by atoms with Crippen molar-refractivity contribution in [1.82, 2.24) is 0 Å². The number of methoxy groups -OCH3 is 2. The predicted molar refractivity (Wildman–Crippen MR) is 107 cm³/mol. The molecule has 0 unspecified atom stereocenters. The van der Waals surface area contributed by atoms with Crippen LogP contribution >= 0.6 is 11.6 Å². The maximum Gasteiger partial charge on any atom is 0.506 e. The van der Waals surface area contributed by atoms with Gasteiger partial charge in [0.15, 0.2) is 11.5 Å². The van der Waals surface area contributed by atoms with E-state index in [1.807, 2.05) is 49.4 Å². The molecule has 1 N–H and O–H groups in total. The summed E-state index contributed by atoms with van der Waals surface area (Å²) in [5, 5.41) is 9.38. The quantitative estimate of drug-likeness (QED) is 0.498. The Morgan fingerprint density at radius 1 is 1.04 bits per heavy atom. The third kappa shape index (κ3) is 5.79. The number of ether oxygens (including phenoxy) is 3. The SMILES string of the molecule is COc1ccc(C(C=C(C)c2ccc(Cl)cc2)=CCOC(=O)O)cc1OC. The molecule has 0 amide bonds. The third-order valence-corrected chi connectivity index (χ3v) is 4.15. The molecule has 0 bridgehead atoms. The van der Waals surface area contributed by atoms with E-state index in [4.69, 9.17) is 26.2 Å². The molecule has 0 saturated carbocycles. The molecule has 0 aliphatic carbocycles. The summed E-state index contributed by atoms with van der Waals surface area (Å²) >= 11 is 5.95. The van der Waals surface area contributed by atoms with Crippen LogP contribution in [0.4, 0.5) is 4.79 Å². The number of halogens is 1. The monoisotopic (exact) mass is 388 g/mol. The Labute approximate surface area is 163 Å². The van der Waals surface area contributed by atoms with E-state index in [1.54, 1.807) is 26.4 Å². The Hall–Kier alpha value is -2.92. The molecular formula is C21H21ClO5. The fraction of sp³-hybridized carbons (Fsp3) is 0.190. The molecule has 27 heavy (non-hydrogen) atoms. The number of carboxylic acid groups (broad SMARTS) is 1. The summed E-state index contributed by atoms with van der Waals surface area (Å²) in [7, 11) is 3.13. The van der Waals surface area contributed by atoms with E-state index in [9.17, 15) is 4.79 Å². The van der Waals surface area contributed by atoms with Crippen LogP contribution in [0.15, 0.2) is 54.6 Å². The minimum absolute atomic E-state index is 0.0661. The van der Waals surface area contributed by atoms with Gasteiger partial charge in [-0.15, -0.1) is 0 Å². The van der Waals surface area contributed by atoms with Crippen molar-refractivity contribution >= 4 is 28.9 Å². The first-order valence-corrected chi connectivity index (χ1v) is 8.55. The first-order chi connectivity index (χ1) is 12.9. The fourth-order valence-corrected chi connectivity index (χ4v) is 2.63. The van der Waals surface area contributed by atoms with Crippen molar-refractivity contribution in [2.24, 2.45) is 0 Å². The Kier molecular flexibility index (Phi) is 7.32. The molecule has 2 rings (SSSR count). The van der Waals surface area contributed by atoms with Crippen molar-refractivity contribution in [2.75, 3.05) is 20.8 Å². The number of hydrogen-bond donors (Lipinski definition) is 1. The van der Waals surface area contributed by atoms with Crippen molar-refractivity contribution in [2.45, 2.75) is 6.92 Å². The van der Waals surface area contributed by atoms with Gasteiger partial charge in [0.05, 0.1) is 14.2 Å². The summed E-state index contributed by atoms with van der Waals surface area (Å²) in [6, 6.07) is 13.0. The molecule has 0 heterocycles. The van der Waals surface area contributed by atoms with Crippen LogP contribution in [0.3, 0.4) is 0 Å². The van der Waals surface area contributed by atoms with Crippen molar-refractivity contribution in [3.05, 3.63) is 70.8 Å². The summed E-state index contributed by atoms with van der Waals surface area (Å²) in [6.07, 6.45) is 2.33. The molecule has 0 aromatic heterocycles. The van der Waals surface area contributed by atoms with Gasteiger partial charge in [0, 0.05) is 5.02 Å². The largest absolute Gasteiger partial charge is 0.506 e. The molecule has 0 saturated heterocycles. The number of hydrogen-bond acceptors (Lipinski definition) is 4. The lowest BCUT2D eigenvalue weighted by Gasteiger charge is -2.11. The number of allylic oxidation sites excluding steroid dienone is 3. The normalized spacial score (nSPS) is 11.9. The van der Waals surface area contributed by atoms with Gasteiger partial charge in [-0.25, -0.2) is 4.79 Å². The lowest BCUT2D eigenvalue weighted by molar-refractivity contribution is 0.102. The van der Waals surface area contributed by atoms with Gasteiger partial charge >= 0.3 is 6.16 Å². The second-order valence-corrected chi connectivity index (χ2v) is 6.08. The molecule has 0 spiro atoms. The lowest BCUT2D eigenvalue weighted by atomic mass is 9.99. The molecule has 0 fully saturated rings. The van der Waals surface area contributed by atoms with E-state index < -0.39 is 6.16 Å². The number of rotatable bonds is 7. The highest BCUT2D eigenvalue weighted by Crippen LogP contribution is 2.32. The van der Waals surface area contributed by atoms with E-state index >= 15 is 0 Å². The standard InChI is InChI=1S/C21H21ClO5/c1-14(15-4-7-18(22)8-5-15)12-17(10-11-27-21(23)24)16-6-9-19(25-2)20(13-16)26-3/h4-10,12-13H,11H2,1-3H3,(H,23,24). The van der Waals surface area contributed by atoms with E-state index in [-0.39, 0.29) is 6.61 Å². The van der Waals surface area contributed by atoms with Gasteiger partial charge in [0.1, 0.15) is 6.61 Å². The Bertz CT molecular complexity index is 853. The van der Waals surface area contributed by atoms with E-state index in [2.05, 4.69) is 4.74 Å². The minimum atomic E-state index is -1.32. The van der Waals surface area contributed by atoms with Gasteiger partial charge in [-0.2, -0.15) is 0 Å². The molecule has 142 valence electrons. The fourth-order valence-electron chi connectivity index (χ4n) is 2.51. The summed E-state index contributed by atoms with van der Waals surface area (Å²) < 4.78 is 15.3. The molecule has 0 aliphatic rings. The zero-order valence-electron chi connectivity index (χ0n) is 15.4. The van der Waals surface area contributed by atoms with Gasteiger partial charge in [-0.3, -0.25) is 0 Å². The van der Waals surface area contributed by atoms with Crippen LogP contribution in [0.5, 0.6) is 11.5 Å². The van der Waals surface area contributed by atoms with Gasteiger partial charge in [0.25, 0.3) is 0 Å². The Morgan fingerprint density at radius 3 is 2.26 bits per heavy atom. The minimum Gasteiger partial charge on any atom is -0.493 e. The van der Waals surface area contributed by atoms with Crippen molar-refractivity contribution in [3.8, 4) is 11.5 Å². The summed E-state index contributed by atoms with van der Waals surface area (Å²) in [5.74, 6) is 1.19. The molecule has 0 radical (unpaired) electrons. The van der Waals surface area contributed by atoms with Crippen molar-refractivity contribution in [1.29, 1.82) is 0 Å². The summed E-state index contributed by atoms with van der Waals surface area (Å²) in [4.78, 5) is 10.7. The average Bonchev–Trinajstić information content (AvgIpc) is 2.66. The van der Waals surface area contributed by atoms with Crippen LogP contribution < -0.4 is 9.47 Å². The second-order valence-electron chi connectivity index (χ2n) is 5.64. The maximum atomic E-state index is 10.7. The molecule has 0 atom stereocenters. The summed E-state index contributed by atoms with van der Waals surface area (Å²) in [5.41, 5.74) is 3.63. The highest BCUT2D eigenvalue weighted by atomic mass is 35.5. The van der Waals surface area contributed by atoms with Crippen LogP contribution in [0.25, 0.3) is 11.1 Å². The van der Waals surface area contributed by atoms with Crippen LogP contribution in [0.2, 0.25) is 5.02 Å². The summed E-state index contributed by atoms with van der Waals surface area (Å²) in [6.45, 7) is 1.90. The van der Waals surface area contributed by atoms with Crippen LogP contribution in [0.1, 0.15) is 18.1 Å². The molecule has 2 aromatic rings. The van der Waals surface area contributed by atoms with Crippen LogP contribution in [-0.2, 0) is 4.74 Å². The smallest absolute Gasteiger partial charge is 0.493 e. The van der Waals surface area contributed by atoms with Gasteiger partial charge in [-0.05, 0) is 59.5 Å². The van der Waals surface area contributed by atoms with Crippen molar-refractivity contribution < 1.29 is 24.1 Å². The van der Waals surface area contributed by atoms with Crippen LogP contribution in [0, 0.1) is 0 Å². The zero-order chi connectivity index (χ0) is 19.8. The molecular weight excluding hydrogens is 368 g/mol. The van der Waals surface area contributed by atoms with E-state index in [0.29, 0.717) is 16.5 Å². The molecule has 2 aromatic carbocycles. The predicted octanol–water partition coefficient (Wildman–Crippen LogP) is 5.54. The number of benzene rings is 2. The zero-order valence-corrected chi connectivity index (χ0v) is 16.1. The highest BCUT2D eigenvalue weighted by Gasteiger charge is 2.08. The first kappa shape index (κ1) is 20.4. The first-order valence-electron chi connectivity index (χ1n) is 8.17. The topological polar surface area (TPSA) is 65.0 Å². The Morgan fingerprint density at radius 2 is 1.67 bits per heavy atom. The second kappa shape index (κ2) is 9.69. The molecule has 5 nitrogen and oxygen atoms in total. The highest BCUT2D eigenvalue weighted by molar-refractivity contribution is 6.30. The third-order valence-electron chi connectivity index (χ3n) is 3.90. The van der Waals surface area contributed by atoms with E-state index in [0.717, 1.165) is 22.3 Å². The van der Waals surface area contributed by atoms with E-state index in [1.165, 1.54) is 0 Å². The Balaban J connectivity index is 2.43. The maximum absolute atomic E-state index is 10.7. The van der Waals surface area contributed by atoms with Gasteiger partial charge in [-0.1, -0.05) is 35.9 Å². The molecule has 6 heteroatoms. The van der Waals surface area contributed by atoms with Gasteiger partial charge < -0.3 is 19.3 Å². The molecule has 0 aliphatic heterocycles. The van der Waals surface area contributed by atoms with Crippen LogP contribution in [-0.4, -0.2) is 32.1 Å². The number of carbonyl (C=O) groups is 1. The van der Waals surface area contributed by atoms with Gasteiger partial charge in [0.2, 0.25) is 0 Å².